The van der Waals surface area contributed by atoms with Crippen LogP contribution in [0.15, 0.2) is 20.8 Å². The molecule has 110 valence electrons. The number of hydrogen-bond donors (Lipinski definition) is 0. The Kier molecular flexibility index (Phi) is 6.61. The number of carbonyl (C=O) groups excluding carboxylic acids is 3. The van der Waals surface area contributed by atoms with Crippen molar-refractivity contribution in [3.8, 4) is 0 Å². The topological polar surface area (TPSA) is 69.7 Å². The summed E-state index contributed by atoms with van der Waals surface area (Å²) in [6.07, 6.45) is 0.154. The van der Waals surface area contributed by atoms with E-state index in [0.717, 1.165) is 0 Å². The number of ether oxygens (including phenoxy) is 2. The molecule has 0 amide bonds. The Morgan fingerprint density at radius 2 is 2.10 bits per heavy atom. The van der Waals surface area contributed by atoms with Gasteiger partial charge in [-0.2, -0.15) is 0 Å². The highest BCUT2D eigenvalue weighted by atomic mass is 79.9. The van der Waals surface area contributed by atoms with Crippen molar-refractivity contribution in [3.63, 3.8) is 0 Å². The van der Waals surface area contributed by atoms with Crippen molar-refractivity contribution >= 4 is 49.6 Å². The Balaban J connectivity index is 2.96. The second-order valence-corrected chi connectivity index (χ2v) is 5.49. The molecular formula is C13H14Br2O5. The molecule has 0 spiro atoms. The second kappa shape index (κ2) is 7.73. The monoisotopic (exact) mass is 408 g/mol. The predicted molar refractivity (Wildman–Crippen MR) is 79.1 cm³/mol. The van der Waals surface area contributed by atoms with Gasteiger partial charge in [-0.1, -0.05) is 29.3 Å². The van der Waals surface area contributed by atoms with Crippen molar-refractivity contribution in [2.24, 2.45) is 0 Å². The van der Waals surface area contributed by atoms with Crippen LogP contribution in [0.5, 0.6) is 0 Å². The van der Waals surface area contributed by atoms with E-state index in [-0.39, 0.29) is 17.8 Å². The molecule has 1 rings (SSSR count). The number of rotatable bonds is 6. The fraction of sp³-hybridized carbons (Fsp3) is 0.462. The van der Waals surface area contributed by atoms with Crippen LogP contribution >= 0.6 is 31.9 Å². The van der Waals surface area contributed by atoms with E-state index in [1.165, 1.54) is 11.9 Å². The van der Waals surface area contributed by atoms with Crippen molar-refractivity contribution in [1.29, 1.82) is 0 Å². The first-order valence-corrected chi connectivity index (χ1v) is 7.73. The minimum absolute atomic E-state index is 0.259. The summed E-state index contributed by atoms with van der Waals surface area (Å²) in [6, 6.07) is 0. The zero-order valence-corrected chi connectivity index (χ0v) is 14.2. The van der Waals surface area contributed by atoms with Crippen molar-refractivity contribution < 1.29 is 23.9 Å². The van der Waals surface area contributed by atoms with E-state index < -0.39 is 18.0 Å². The fourth-order valence-electron chi connectivity index (χ4n) is 1.69. The van der Waals surface area contributed by atoms with Crippen molar-refractivity contribution in [3.05, 3.63) is 20.8 Å². The molecule has 0 aliphatic carbocycles. The van der Waals surface area contributed by atoms with Crippen molar-refractivity contribution in [2.75, 3.05) is 0 Å². The van der Waals surface area contributed by atoms with Crippen LogP contribution in [0, 0.1) is 0 Å². The van der Waals surface area contributed by atoms with Crippen LogP contribution in [0.2, 0.25) is 0 Å². The SMILES string of the molecule is CCCC(OC(=O)CC(C)=O)C1=C(Br)/C(=C/Br)OC1=O. The minimum atomic E-state index is -0.723. The number of allylic oxidation sites excluding steroid dienone is 1. The van der Waals surface area contributed by atoms with Gasteiger partial charge in [0.05, 0.1) is 10.1 Å². The Morgan fingerprint density at radius 3 is 2.55 bits per heavy atom. The third kappa shape index (κ3) is 4.28. The van der Waals surface area contributed by atoms with Gasteiger partial charge in [-0.05, 0) is 29.3 Å². The van der Waals surface area contributed by atoms with Gasteiger partial charge in [0, 0.05) is 4.99 Å². The number of Topliss-reactive ketones (excluding diaryl/α,β-unsaturated/α-hetero) is 1. The van der Waals surface area contributed by atoms with E-state index in [4.69, 9.17) is 9.47 Å². The highest BCUT2D eigenvalue weighted by Gasteiger charge is 2.35. The maximum absolute atomic E-state index is 11.8. The number of cyclic esters (lactones) is 1. The third-order valence-corrected chi connectivity index (χ3v) is 3.75. The summed E-state index contributed by atoms with van der Waals surface area (Å²) in [5.41, 5.74) is 0.259. The first-order chi connectivity index (χ1) is 9.40. The number of ketones is 1. The summed E-state index contributed by atoms with van der Waals surface area (Å²) in [7, 11) is 0. The molecule has 1 aliphatic rings. The summed E-state index contributed by atoms with van der Waals surface area (Å²) in [6.45, 7) is 3.21. The molecule has 0 radical (unpaired) electrons. The lowest BCUT2D eigenvalue weighted by molar-refractivity contribution is -0.150. The molecule has 5 nitrogen and oxygen atoms in total. The van der Waals surface area contributed by atoms with Crippen LogP contribution in [-0.4, -0.2) is 23.8 Å². The van der Waals surface area contributed by atoms with E-state index in [0.29, 0.717) is 23.1 Å². The van der Waals surface area contributed by atoms with Crippen LogP contribution in [0.1, 0.15) is 33.1 Å². The lowest BCUT2D eigenvalue weighted by atomic mass is 10.1. The lowest BCUT2D eigenvalue weighted by Crippen LogP contribution is -2.24. The fourth-order valence-corrected chi connectivity index (χ4v) is 2.94. The van der Waals surface area contributed by atoms with Gasteiger partial charge in [-0.25, -0.2) is 4.79 Å². The number of esters is 2. The largest absolute Gasteiger partial charge is 0.457 e. The predicted octanol–water partition coefficient (Wildman–Crippen LogP) is 3.12. The number of carbonyl (C=O) groups is 3. The van der Waals surface area contributed by atoms with Gasteiger partial charge in [0.25, 0.3) is 0 Å². The van der Waals surface area contributed by atoms with E-state index >= 15 is 0 Å². The van der Waals surface area contributed by atoms with Crippen LogP contribution in [0.25, 0.3) is 0 Å². The molecule has 1 unspecified atom stereocenters. The first kappa shape index (κ1) is 17.1. The summed E-state index contributed by atoms with van der Waals surface area (Å²) in [5.74, 6) is -1.16. The standard InChI is InChI=1S/C13H14Br2O5/c1-3-4-8(19-10(17)5-7(2)16)11-12(15)9(6-14)20-13(11)18/h6,8H,3-5H2,1-2H3/b9-6-. The van der Waals surface area contributed by atoms with Crippen LogP contribution < -0.4 is 0 Å². The highest BCUT2D eigenvalue weighted by Crippen LogP contribution is 2.35. The summed E-state index contributed by atoms with van der Waals surface area (Å²) < 4.78 is 10.7. The van der Waals surface area contributed by atoms with Crippen molar-refractivity contribution in [2.45, 2.75) is 39.2 Å². The number of halogens is 2. The summed E-state index contributed by atoms with van der Waals surface area (Å²) >= 11 is 6.35. The molecule has 7 heteroatoms. The molecule has 0 aromatic rings. The normalized spacial score (nSPS) is 18.2. The molecule has 1 aliphatic heterocycles. The van der Waals surface area contributed by atoms with Crippen LogP contribution in [0.3, 0.4) is 0 Å². The van der Waals surface area contributed by atoms with Crippen LogP contribution in [-0.2, 0) is 23.9 Å². The Bertz CT molecular complexity index is 493. The molecule has 1 atom stereocenters. The maximum Gasteiger partial charge on any atom is 0.344 e. The zero-order valence-electron chi connectivity index (χ0n) is 11.1. The molecule has 0 fully saturated rings. The molecule has 0 bridgehead atoms. The molecule has 0 aromatic heterocycles. The van der Waals surface area contributed by atoms with Crippen LogP contribution in [0.4, 0.5) is 0 Å². The van der Waals surface area contributed by atoms with E-state index in [2.05, 4.69) is 31.9 Å². The van der Waals surface area contributed by atoms with E-state index in [9.17, 15) is 14.4 Å². The van der Waals surface area contributed by atoms with E-state index in [1.807, 2.05) is 6.92 Å². The third-order valence-electron chi connectivity index (χ3n) is 2.51. The van der Waals surface area contributed by atoms with Gasteiger partial charge in [0.2, 0.25) is 0 Å². The van der Waals surface area contributed by atoms with Gasteiger partial charge in [0.15, 0.2) is 5.76 Å². The average Bonchev–Trinajstić information content (AvgIpc) is 2.62. The lowest BCUT2D eigenvalue weighted by Gasteiger charge is -2.16. The van der Waals surface area contributed by atoms with Crippen molar-refractivity contribution in [1.82, 2.24) is 0 Å². The molecule has 20 heavy (non-hydrogen) atoms. The quantitative estimate of drug-likeness (QED) is 0.497. The molecular weight excluding hydrogens is 396 g/mol. The Labute approximate surface area is 133 Å². The maximum atomic E-state index is 11.8. The van der Waals surface area contributed by atoms with Gasteiger partial charge in [0.1, 0.15) is 18.3 Å². The molecule has 0 N–H and O–H groups in total. The molecule has 0 saturated heterocycles. The van der Waals surface area contributed by atoms with Gasteiger partial charge in [-0.15, -0.1) is 0 Å². The Morgan fingerprint density at radius 1 is 1.45 bits per heavy atom. The zero-order chi connectivity index (χ0) is 15.3. The van der Waals surface area contributed by atoms with Gasteiger partial charge in [-0.3, -0.25) is 9.59 Å². The van der Waals surface area contributed by atoms with Gasteiger partial charge >= 0.3 is 11.9 Å². The molecule has 0 aromatic carbocycles. The Hall–Kier alpha value is -0.950. The summed E-state index contributed by atoms with van der Waals surface area (Å²) in [5, 5.41) is 0. The average molecular weight is 410 g/mol. The second-order valence-electron chi connectivity index (χ2n) is 4.24. The van der Waals surface area contributed by atoms with E-state index in [1.54, 1.807) is 0 Å². The van der Waals surface area contributed by atoms with Gasteiger partial charge < -0.3 is 9.47 Å². The highest BCUT2D eigenvalue weighted by molar-refractivity contribution is 9.12. The first-order valence-electron chi connectivity index (χ1n) is 6.02. The smallest absolute Gasteiger partial charge is 0.344 e. The molecule has 1 heterocycles. The summed E-state index contributed by atoms with van der Waals surface area (Å²) in [4.78, 5) is 35.8. The minimum Gasteiger partial charge on any atom is -0.457 e. The molecule has 0 saturated carbocycles. The number of hydrogen-bond acceptors (Lipinski definition) is 5.